The van der Waals surface area contributed by atoms with E-state index in [1.54, 1.807) is 0 Å². The molecule has 0 aliphatic carbocycles. The number of likely N-dealkylation sites (tertiary alicyclic amines) is 1. The van der Waals surface area contributed by atoms with Crippen LogP contribution < -0.4 is 5.73 Å². The second-order valence-corrected chi connectivity index (χ2v) is 5.84. The third-order valence-corrected chi connectivity index (χ3v) is 4.18. The fourth-order valence-electron chi connectivity index (χ4n) is 2.87. The maximum Gasteiger partial charge on any atom is 0.240 e. The molecule has 0 radical (unpaired) electrons. The van der Waals surface area contributed by atoms with Gasteiger partial charge in [-0.3, -0.25) is 0 Å². The van der Waals surface area contributed by atoms with Gasteiger partial charge in [-0.25, -0.2) is 8.78 Å². The topological polar surface area (TPSA) is 29.3 Å². The summed E-state index contributed by atoms with van der Waals surface area (Å²) in [5.74, 6) is 0. The molecule has 0 saturated carbocycles. The van der Waals surface area contributed by atoms with Gasteiger partial charge < -0.3 is 10.6 Å². The third kappa shape index (κ3) is 5.19. The summed E-state index contributed by atoms with van der Waals surface area (Å²) in [7, 11) is 0. The van der Waals surface area contributed by atoms with E-state index in [0.29, 0.717) is 12.5 Å². The van der Waals surface area contributed by atoms with Gasteiger partial charge in [0.05, 0.1) is 0 Å². The van der Waals surface area contributed by atoms with Crippen LogP contribution in [-0.4, -0.2) is 36.0 Å². The van der Waals surface area contributed by atoms with Gasteiger partial charge in [-0.2, -0.15) is 0 Å². The molecule has 1 rings (SSSR count). The highest BCUT2D eigenvalue weighted by Crippen LogP contribution is 2.27. The molecule has 1 fully saturated rings. The molecule has 2 nitrogen and oxygen atoms in total. The number of nitrogens with two attached hydrogens (primary N) is 1. The first-order valence-corrected chi connectivity index (χ1v) is 7.28. The van der Waals surface area contributed by atoms with Crippen molar-refractivity contribution < 1.29 is 8.78 Å². The van der Waals surface area contributed by atoms with Crippen molar-refractivity contribution in [2.24, 2.45) is 5.73 Å². The molecule has 0 bridgehead atoms. The summed E-state index contributed by atoms with van der Waals surface area (Å²) in [5, 5.41) is 0. The molecule has 0 aromatic heterocycles. The molecule has 1 saturated heterocycles. The lowest BCUT2D eigenvalue weighted by Crippen LogP contribution is -2.43. The Morgan fingerprint density at radius 3 is 2.61 bits per heavy atom. The van der Waals surface area contributed by atoms with E-state index in [-0.39, 0.29) is 6.42 Å². The average molecular weight is 262 g/mol. The molecule has 2 atom stereocenters. The van der Waals surface area contributed by atoms with Crippen LogP contribution in [0.5, 0.6) is 0 Å². The fourth-order valence-corrected chi connectivity index (χ4v) is 2.87. The minimum Gasteiger partial charge on any atom is -0.325 e. The van der Waals surface area contributed by atoms with Crippen molar-refractivity contribution in [3.63, 3.8) is 0 Å². The van der Waals surface area contributed by atoms with Crippen molar-refractivity contribution in [2.45, 2.75) is 76.8 Å². The van der Waals surface area contributed by atoms with E-state index < -0.39 is 12.0 Å². The molecule has 0 aromatic rings. The number of halogens is 2. The Bertz CT molecular complexity index is 236. The molecule has 1 aliphatic rings. The first-order valence-electron chi connectivity index (χ1n) is 7.28. The zero-order chi connectivity index (χ0) is 13.6. The summed E-state index contributed by atoms with van der Waals surface area (Å²) in [6.07, 6.45) is 3.60. The SMILES string of the molecule is CCCCC(C)N1CCC[C@](N)(CC(F)F)CC1. The molecular formula is C14H28F2N2. The molecule has 1 heterocycles. The fraction of sp³-hybridized carbons (Fsp3) is 1.00. The third-order valence-electron chi connectivity index (χ3n) is 4.18. The van der Waals surface area contributed by atoms with Gasteiger partial charge in [0.15, 0.2) is 0 Å². The van der Waals surface area contributed by atoms with Crippen LogP contribution in [0.4, 0.5) is 8.78 Å². The Balaban J connectivity index is 2.45. The Hall–Kier alpha value is -0.220. The normalized spacial score (nSPS) is 28.3. The van der Waals surface area contributed by atoms with Crippen LogP contribution >= 0.6 is 0 Å². The van der Waals surface area contributed by atoms with E-state index in [4.69, 9.17) is 5.73 Å². The number of hydrogen-bond donors (Lipinski definition) is 1. The Morgan fingerprint density at radius 2 is 2.00 bits per heavy atom. The predicted octanol–water partition coefficient (Wildman–Crippen LogP) is 3.40. The van der Waals surface area contributed by atoms with Crippen molar-refractivity contribution in [1.29, 1.82) is 0 Å². The number of hydrogen-bond acceptors (Lipinski definition) is 2. The molecule has 2 N–H and O–H groups in total. The highest BCUT2D eigenvalue weighted by atomic mass is 19.3. The van der Waals surface area contributed by atoms with Crippen molar-refractivity contribution >= 4 is 0 Å². The summed E-state index contributed by atoms with van der Waals surface area (Å²) in [6, 6.07) is 0.554. The van der Waals surface area contributed by atoms with Crippen molar-refractivity contribution in [3.8, 4) is 0 Å². The van der Waals surface area contributed by atoms with E-state index >= 15 is 0 Å². The van der Waals surface area contributed by atoms with E-state index in [1.807, 2.05) is 0 Å². The summed E-state index contributed by atoms with van der Waals surface area (Å²) >= 11 is 0. The van der Waals surface area contributed by atoms with E-state index in [1.165, 1.54) is 19.3 Å². The van der Waals surface area contributed by atoms with Gasteiger partial charge in [0.1, 0.15) is 0 Å². The van der Waals surface area contributed by atoms with E-state index in [9.17, 15) is 8.78 Å². The van der Waals surface area contributed by atoms with Gasteiger partial charge in [-0.05, 0) is 39.2 Å². The van der Waals surface area contributed by atoms with Gasteiger partial charge in [0.25, 0.3) is 0 Å². The monoisotopic (exact) mass is 262 g/mol. The first kappa shape index (κ1) is 15.8. The predicted molar refractivity (Wildman–Crippen MR) is 72.0 cm³/mol. The molecule has 1 aliphatic heterocycles. The van der Waals surface area contributed by atoms with Crippen LogP contribution in [0.1, 0.15) is 58.8 Å². The van der Waals surface area contributed by atoms with Gasteiger partial charge in [-0.1, -0.05) is 19.8 Å². The van der Waals surface area contributed by atoms with Gasteiger partial charge in [0.2, 0.25) is 6.43 Å². The second kappa shape index (κ2) is 7.39. The smallest absolute Gasteiger partial charge is 0.240 e. The standard InChI is InChI=1S/C14H28F2N2/c1-3-4-6-12(2)18-9-5-7-14(17,8-10-18)11-13(15)16/h12-13H,3-11,17H2,1-2H3/t12?,14-/m1/s1. The minimum atomic E-state index is -2.28. The van der Waals surface area contributed by atoms with Crippen molar-refractivity contribution in [3.05, 3.63) is 0 Å². The highest BCUT2D eigenvalue weighted by Gasteiger charge is 2.32. The molecule has 0 amide bonds. The van der Waals surface area contributed by atoms with E-state index in [0.717, 1.165) is 25.9 Å². The molecule has 108 valence electrons. The van der Waals surface area contributed by atoms with Crippen molar-refractivity contribution in [1.82, 2.24) is 4.90 Å². The van der Waals surface area contributed by atoms with Crippen LogP contribution in [0.25, 0.3) is 0 Å². The molecule has 4 heteroatoms. The molecule has 18 heavy (non-hydrogen) atoms. The minimum absolute atomic E-state index is 0.149. The zero-order valence-corrected chi connectivity index (χ0v) is 11.8. The van der Waals surface area contributed by atoms with Crippen LogP contribution in [-0.2, 0) is 0 Å². The van der Waals surface area contributed by atoms with Crippen LogP contribution in [0, 0.1) is 0 Å². The Kier molecular flexibility index (Phi) is 6.50. The molecular weight excluding hydrogens is 234 g/mol. The number of unbranched alkanes of at least 4 members (excludes halogenated alkanes) is 1. The number of nitrogens with zero attached hydrogens (tertiary/aromatic N) is 1. The first-order chi connectivity index (χ1) is 8.47. The molecule has 1 unspecified atom stereocenters. The number of rotatable bonds is 6. The van der Waals surface area contributed by atoms with Gasteiger partial charge >= 0.3 is 0 Å². The second-order valence-electron chi connectivity index (χ2n) is 5.84. The van der Waals surface area contributed by atoms with Crippen LogP contribution in [0.3, 0.4) is 0 Å². The lowest BCUT2D eigenvalue weighted by Gasteiger charge is -2.30. The lowest BCUT2D eigenvalue weighted by atomic mass is 9.88. The highest BCUT2D eigenvalue weighted by molar-refractivity contribution is 4.89. The summed E-state index contributed by atoms with van der Waals surface area (Å²) in [5.41, 5.74) is 5.47. The average Bonchev–Trinajstić information content (AvgIpc) is 2.47. The summed E-state index contributed by atoms with van der Waals surface area (Å²) in [6.45, 7) is 6.32. The van der Waals surface area contributed by atoms with Gasteiger partial charge in [0, 0.05) is 24.5 Å². The van der Waals surface area contributed by atoms with Crippen LogP contribution in [0.15, 0.2) is 0 Å². The molecule has 0 aromatic carbocycles. The summed E-state index contributed by atoms with van der Waals surface area (Å²) < 4.78 is 25.1. The molecule has 0 spiro atoms. The van der Waals surface area contributed by atoms with Gasteiger partial charge in [-0.15, -0.1) is 0 Å². The Labute approximate surface area is 110 Å². The van der Waals surface area contributed by atoms with E-state index in [2.05, 4.69) is 18.7 Å². The quantitative estimate of drug-likeness (QED) is 0.795. The van der Waals surface area contributed by atoms with Crippen LogP contribution in [0.2, 0.25) is 0 Å². The lowest BCUT2D eigenvalue weighted by molar-refractivity contribution is 0.0976. The maximum atomic E-state index is 12.5. The zero-order valence-electron chi connectivity index (χ0n) is 11.8. The Morgan fingerprint density at radius 1 is 1.28 bits per heavy atom. The van der Waals surface area contributed by atoms with Crippen molar-refractivity contribution in [2.75, 3.05) is 13.1 Å². The largest absolute Gasteiger partial charge is 0.325 e. The summed E-state index contributed by atoms with van der Waals surface area (Å²) in [4.78, 5) is 2.43. The maximum absolute atomic E-state index is 12.5. The number of alkyl halides is 2.